The molecule has 1 aliphatic heterocycles. The zero-order valence-corrected chi connectivity index (χ0v) is 11.1. The third-order valence-corrected chi connectivity index (χ3v) is 3.67. The third kappa shape index (κ3) is 1.86. The van der Waals surface area contributed by atoms with Crippen molar-refractivity contribution in [3.05, 3.63) is 29.3 Å². The molecule has 0 unspecified atom stereocenters. The van der Waals surface area contributed by atoms with E-state index in [9.17, 15) is 9.59 Å². The Labute approximate surface area is 111 Å². The van der Waals surface area contributed by atoms with Gasteiger partial charge in [0.15, 0.2) is 0 Å². The lowest BCUT2D eigenvalue weighted by Crippen LogP contribution is -2.45. The first-order valence-corrected chi connectivity index (χ1v) is 6.34. The highest BCUT2D eigenvalue weighted by molar-refractivity contribution is 6.31. The van der Waals surface area contributed by atoms with E-state index in [-0.39, 0.29) is 11.9 Å². The monoisotopic (exact) mass is 266 g/mol. The molecular formula is C13H15ClN2O2. The van der Waals surface area contributed by atoms with Crippen LogP contribution in [0.25, 0.3) is 0 Å². The summed E-state index contributed by atoms with van der Waals surface area (Å²) >= 11 is 5.89. The van der Waals surface area contributed by atoms with Crippen molar-refractivity contribution >= 4 is 29.2 Å². The van der Waals surface area contributed by atoms with E-state index in [1.54, 1.807) is 24.3 Å². The van der Waals surface area contributed by atoms with Crippen LogP contribution in [0.1, 0.15) is 26.7 Å². The quantitative estimate of drug-likeness (QED) is 0.855. The van der Waals surface area contributed by atoms with Crippen molar-refractivity contribution in [3.8, 4) is 0 Å². The minimum Gasteiger partial charge on any atom is -0.323 e. The van der Waals surface area contributed by atoms with Gasteiger partial charge in [0.1, 0.15) is 5.54 Å². The van der Waals surface area contributed by atoms with Crippen molar-refractivity contribution in [2.75, 3.05) is 4.90 Å². The maximum absolute atomic E-state index is 12.4. The van der Waals surface area contributed by atoms with Crippen LogP contribution >= 0.6 is 11.6 Å². The lowest BCUT2D eigenvalue weighted by atomic mass is 9.93. The predicted molar refractivity (Wildman–Crippen MR) is 70.8 cm³/mol. The second-order valence-corrected chi connectivity index (χ2v) is 4.78. The Morgan fingerprint density at radius 1 is 1.28 bits per heavy atom. The topological polar surface area (TPSA) is 49.4 Å². The number of halogens is 1. The molecule has 1 aromatic rings. The normalized spacial score (nSPS) is 18.1. The summed E-state index contributed by atoms with van der Waals surface area (Å²) in [5.41, 5.74) is -0.270. The summed E-state index contributed by atoms with van der Waals surface area (Å²) in [7, 11) is 0. The Balaban J connectivity index is 2.41. The molecule has 4 nitrogen and oxygen atoms in total. The van der Waals surface area contributed by atoms with Gasteiger partial charge in [-0.05, 0) is 31.0 Å². The molecule has 1 heterocycles. The summed E-state index contributed by atoms with van der Waals surface area (Å²) < 4.78 is 0. The number of hydrogen-bond acceptors (Lipinski definition) is 2. The van der Waals surface area contributed by atoms with Gasteiger partial charge in [0.05, 0.1) is 5.69 Å². The molecule has 1 aliphatic rings. The fourth-order valence-corrected chi connectivity index (χ4v) is 2.38. The number of benzene rings is 1. The van der Waals surface area contributed by atoms with E-state index in [1.807, 2.05) is 13.8 Å². The molecule has 5 heteroatoms. The highest BCUT2D eigenvalue weighted by Crippen LogP contribution is 2.30. The molecule has 0 radical (unpaired) electrons. The zero-order valence-electron chi connectivity index (χ0n) is 10.4. The molecule has 1 saturated heterocycles. The molecule has 0 aliphatic carbocycles. The summed E-state index contributed by atoms with van der Waals surface area (Å²) in [6.45, 7) is 3.78. The maximum Gasteiger partial charge on any atom is 0.329 e. The molecule has 18 heavy (non-hydrogen) atoms. The van der Waals surface area contributed by atoms with Crippen LogP contribution in [-0.4, -0.2) is 17.5 Å². The van der Waals surface area contributed by atoms with Gasteiger partial charge in [-0.1, -0.05) is 31.5 Å². The van der Waals surface area contributed by atoms with Gasteiger partial charge in [-0.2, -0.15) is 0 Å². The number of rotatable bonds is 3. The van der Waals surface area contributed by atoms with Crippen LogP contribution in [0.5, 0.6) is 0 Å². The number of urea groups is 1. The van der Waals surface area contributed by atoms with Crippen LogP contribution in [0.4, 0.5) is 10.5 Å². The molecule has 0 aromatic heterocycles. The van der Waals surface area contributed by atoms with Crippen molar-refractivity contribution in [1.29, 1.82) is 0 Å². The summed E-state index contributed by atoms with van der Waals surface area (Å²) in [4.78, 5) is 25.6. The largest absolute Gasteiger partial charge is 0.329 e. The summed E-state index contributed by atoms with van der Waals surface area (Å²) in [6, 6.07) is 6.35. The minimum absolute atomic E-state index is 0.209. The number of carbonyl (C=O) groups is 2. The fraction of sp³-hybridized carbons (Fsp3) is 0.385. The zero-order chi connectivity index (χ0) is 13.3. The average Bonchev–Trinajstić information content (AvgIpc) is 2.61. The van der Waals surface area contributed by atoms with Crippen LogP contribution in [0, 0.1) is 0 Å². The van der Waals surface area contributed by atoms with E-state index in [0.29, 0.717) is 23.6 Å². The van der Waals surface area contributed by atoms with Crippen LogP contribution in [0.15, 0.2) is 24.3 Å². The van der Waals surface area contributed by atoms with E-state index in [2.05, 4.69) is 5.32 Å². The molecule has 2 rings (SSSR count). The van der Waals surface area contributed by atoms with E-state index in [1.165, 1.54) is 4.90 Å². The predicted octanol–water partition coefficient (Wildman–Crippen LogP) is 2.96. The average molecular weight is 267 g/mol. The molecule has 0 atom stereocenters. The van der Waals surface area contributed by atoms with Crippen LogP contribution < -0.4 is 10.2 Å². The molecule has 1 N–H and O–H groups in total. The first kappa shape index (κ1) is 12.9. The van der Waals surface area contributed by atoms with Gasteiger partial charge in [-0.3, -0.25) is 4.79 Å². The molecule has 1 fully saturated rings. The van der Waals surface area contributed by atoms with Crippen molar-refractivity contribution in [2.24, 2.45) is 0 Å². The SMILES string of the molecule is CCC1(CC)NC(=O)N(c2cccc(Cl)c2)C1=O. The standard InChI is InChI=1S/C13H15ClN2O2/c1-3-13(4-2)11(17)16(12(18)15-13)10-7-5-6-9(14)8-10/h5-8H,3-4H2,1-2H3,(H,15,18). The summed E-state index contributed by atoms with van der Waals surface area (Å²) in [5, 5.41) is 3.28. The minimum atomic E-state index is -0.778. The number of anilines is 1. The lowest BCUT2D eigenvalue weighted by molar-refractivity contribution is -0.122. The Morgan fingerprint density at radius 2 is 1.94 bits per heavy atom. The van der Waals surface area contributed by atoms with E-state index >= 15 is 0 Å². The van der Waals surface area contributed by atoms with Gasteiger partial charge >= 0.3 is 6.03 Å². The number of carbonyl (C=O) groups excluding carboxylic acids is 2. The summed E-state index contributed by atoms with van der Waals surface area (Å²) in [6.07, 6.45) is 1.15. The molecular weight excluding hydrogens is 252 g/mol. The smallest absolute Gasteiger partial charge is 0.323 e. The number of nitrogens with one attached hydrogen (secondary N) is 1. The second-order valence-electron chi connectivity index (χ2n) is 4.34. The van der Waals surface area contributed by atoms with Gasteiger partial charge < -0.3 is 5.32 Å². The molecule has 96 valence electrons. The van der Waals surface area contributed by atoms with Gasteiger partial charge in [0, 0.05) is 5.02 Å². The van der Waals surface area contributed by atoms with Gasteiger partial charge in [-0.15, -0.1) is 0 Å². The molecule has 0 saturated carbocycles. The van der Waals surface area contributed by atoms with Crippen LogP contribution in [0.3, 0.4) is 0 Å². The van der Waals surface area contributed by atoms with Gasteiger partial charge in [0.25, 0.3) is 5.91 Å². The number of hydrogen-bond donors (Lipinski definition) is 1. The second kappa shape index (κ2) is 4.61. The Bertz CT molecular complexity index is 498. The van der Waals surface area contributed by atoms with Crippen molar-refractivity contribution in [3.63, 3.8) is 0 Å². The molecule has 1 aromatic carbocycles. The molecule has 3 amide bonds. The van der Waals surface area contributed by atoms with Crippen LogP contribution in [-0.2, 0) is 4.79 Å². The van der Waals surface area contributed by atoms with E-state index in [4.69, 9.17) is 11.6 Å². The molecule has 0 spiro atoms. The summed E-state index contributed by atoms with van der Waals surface area (Å²) in [5.74, 6) is -0.209. The van der Waals surface area contributed by atoms with Crippen molar-refractivity contribution < 1.29 is 9.59 Å². The van der Waals surface area contributed by atoms with Gasteiger partial charge in [-0.25, -0.2) is 9.69 Å². The first-order chi connectivity index (χ1) is 8.54. The Kier molecular flexibility index (Phi) is 3.30. The van der Waals surface area contributed by atoms with Crippen molar-refractivity contribution in [1.82, 2.24) is 5.32 Å². The first-order valence-electron chi connectivity index (χ1n) is 5.96. The lowest BCUT2D eigenvalue weighted by Gasteiger charge is -2.23. The number of amides is 3. The van der Waals surface area contributed by atoms with E-state index in [0.717, 1.165) is 0 Å². The Hall–Kier alpha value is -1.55. The Morgan fingerprint density at radius 3 is 2.44 bits per heavy atom. The van der Waals surface area contributed by atoms with Crippen LogP contribution in [0.2, 0.25) is 5.02 Å². The van der Waals surface area contributed by atoms with E-state index < -0.39 is 5.54 Å². The number of nitrogens with zero attached hydrogens (tertiary/aromatic N) is 1. The van der Waals surface area contributed by atoms with Gasteiger partial charge in [0.2, 0.25) is 0 Å². The fourth-order valence-electron chi connectivity index (χ4n) is 2.20. The molecule has 0 bridgehead atoms. The number of imide groups is 1. The maximum atomic E-state index is 12.4. The highest BCUT2D eigenvalue weighted by atomic mass is 35.5. The third-order valence-electron chi connectivity index (χ3n) is 3.44. The van der Waals surface area contributed by atoms with Crippen molar-refractivity contribution in [2.45, 2.75) is 32.2 Å². The highest BCUT2D eigenvalue weighted by Gasteiger charge is 2.49.